The van der Waals surface area contributed by atoms with Gasteiger partial charge in [0.2, 0.25) is 0 Å². The average molecular weight is 292 g/mol. The number of para-hydroxylation sites is 1. The fraction of sp³-hybridized carbons (Fsp3) is 0.562. The topological polar surface area (TPSA) is 50.8 Å². The van der Waals surface area contributed by atoms with E-state index in [1.807, 2.05) is 30.3 Å². The van der Waals surface area contributed by atoms with Crippen LogP contribution in [0.2, 0.25) is 0 Å². The third-order valence-electron chi connectivity index (χ3n) is 3.48. The normalized spacial score (nSPS) is 17.2. The van der Waals surface area contributed by atoms with Crippen molar-refractivity contribution in [3.8, 4) is 5.75 Å². The summed E-state index contributed by atoms with van der Waals surface area (Å²) in [6.07, 6.45) is 0.472. The molecule has 5 heteroatoms. The first-order valence-corrected chi connectivity index (χ1v) is 7.55. The minimum absolute atomic E-state index is 0.0687. The number of rotatable bonds is 7. The Hall–Kier alpha value is -1.59. The van der Waals surface area contributed by atoms with Crippen molar-refractivity contribution in [2.75, 3.05) is 39.4 Å². The van der Waals surface area contributed by atoms with Crippen LogP contribution < -0.4 is 10.1 Å². The number of carbonyl (C=O) groups is 1. The van der Waals surface area contributed by atoms with Crippen LogP contribution in [-0.4, -0.2) is 56.3 Å². The molecule has 1 amide bonds. The highest BCUT2D eigenvalue weighted by atomic mass is 16.5. The highest BCUT2D eigenvalue weighted by molar-refractivity contribution is 5.80. The van der Waals surface area contributed by atoms with Gasteiger partial charge in [0.15, 0.2) is 6.10 Å². The van der Waals surface area contributed by atoms with E-state index in [1.165, 1.54) is 0 Å². The molecular weight excluding hydrogens is 268 g/mol. The Morgan fingerprint density at radius 1 is 1.33 bits per heavy atom. The molecule has 1 heterocycles. The van der Waals surface area contributed by atoms with Crippen LogP contribution in [0.3, 0.4) is 0 Å². The van der Waals surface area contributed by atoms with E-state index in [9.17, 15) is 4.79 Å². The summed E-state index contributed by atoms with van der Waals surface area (Å²) in [6, 6.07) is 9.40. The van der Waals surface area contributed by atoms with Crippen LogP contribution in [0.5, 0.6) is 5.75 Å². The molecule has 1 atom stereocenters. The smallest absolute Gasteiger partial charge is 0.260 e. The van der Waals surface area contributed by atoms with Gasteiger partial charge in [0.05, 0.1) is 13.2 Å². The predicted molar refractivity (Wildman–Crippen MR) is 81.4 cm³/mol. The lowest BCUT2D eigenvalue weighted by atomic mass is 10.3. The van der Waals surface area contributed by atoms with Crippen molar-refractivity contribution in [1.29, 1.82) is 0 Å². The zero-order valence-corrected chi connectivity index (χ0v) is 12.6. The third-order valence-corrected chi connectivity index (χ3v) is 3.48. The van der Waals surface area contributed by atoms with E-state index in [-0.39, 0.29) is 5.91 Å². The molecule has 5 nitrogen and oxygen atoms in total. The number of morpholine rings is 1. The van der Waals surface area contributed by atoms with Gasteiger partial charge in [-0.3, -0.25) is 9.69 Å². The van der Waals surface area contributed by atoms with Gasteiger partial charge in [-0.25, -0.2) is 0 Å². The average Bonchev–Trinajstić information content (AvgIpc) is 2.53. The summed E-state index contributed by atoms with van der Waals surface area (Å²) in [5.74, 6) is 0.647. The second kappa shape index (κ2) is 8.64. The molecular formula is C16H24N2O3. The lowest BCUT2D eigenvalue weighted by Gasteiger charge is -2.26. The zero-order valence-electron chi connectivity index (χ0n) is 12.6. The minimum atomic E-state index is -0.476. The summed E-state index contributed by atoms with van der Waals surface area (Å²) in [6.45, 7) is 7.05. The Morgan fingerprint density at radius 3 is 2.76 bits per heavy atom. The molecule has 2 rings (SSSR count). The summed E-state index contributed by atoms with van der Waals surface area (Å²) in [5, 5.41) is 2.92. The fourth-order valence-electron chi connectivity index (χ4n) is 2.24. The maximum Gasteiger partial charge on any atom is 0.260 e. The van der Waals surface area contributed by atoms with E-state index in [1.54, 1.807) is 6.92 Å². The van der Waals surface area contributed by atoms with Gasteiger partial charge in [0.25, 0.3) is 5.91 Å². The van der Waals surface area contributed by atoms with Crippen molar-refractivity contribution in [3.63, 3.8) is 0 Å². The molecule has 0 saturated carbocycles. The number of nitrogens with zero attached hydrogens (tertiary/aromatic N) is 1. The summed E-state index contributed by atoms with van der Waals surface area (Å²) >= 11 is 0. The molecule has 0 bridgehead atoms. The monoisotopic (exact) mass is 292 g/mol. The zero-order chi connectivity index (χ0) is 14.9. The lowest BCUT2D eigenvalue weighted by Crippen LogP contribution is -2.40. The van der Waals surface area contributed by atoms with Gasteiger partial charge in [0.1, 0.15) is 5.75 Å². The van der Waals surface area contributed by atoms with E-state index in [4.69, 9.17) is 9.47 Å². The van der Waals surface area contributed by atoms with Crippen LogP contribution >= 0.6 is 0 Å². The van der Waals surface area contributed by atoms with Crippen molar-refractivity contribution in [1.82, 2.24) is 10.2 Å². The first kappa shape index (κ1) is 15.8. The van der Waals surface area contributed by atoms with Gasteiger partial charge in [-0.05, 0) is 32.0 Å². The molecule has 116 valence electrons. The second-order valence-electron chi connectivity index (χ2n) is 5.17. The van der Waals surface area contributed by atoms with Crippen LogP contribution in [0.1, 0.15) is 13.3 Å². The molecule has 1 N–H and O–H groups in total. The Balaban J connectivity index is 1.60. The van der Waals surface area contributed by atoms with Crippen LogP contribution in [-0.2, 0) is 9.53 Å². The van der Waals surface area contributed by atoms with Crippen LogP contribution in [0.4, 0.5) is 0 Å². The summed E-state index contributed by atoms with van der Waals surface area (Å²) in [7, 11) is 0. The van der Waals surface area contributed by atoms with E-state index in [0.717, 1.165) is 39.3 Å². The highest BCUT2D eigenvalue weighted by Gasteiger charge is 2.14. The van der Waals surface area contributed by atoms with E-state index >= 15 is 0 Å². The molecule has 1 saturated heterocycles. The van der Waals surface area contributed by atoms with Crippen molar-refractivity contribution < 1.29 is 14.3 Å². The lowest BCUT2D eigenvalue weighted by molar-refractivity contribution is -0.127. The molecule has 1 unspecified atom stereocenters. The molecule has 0 radical (unpaired) electrons. The molecule has 0 spiro atoms. The molecule has 1 aromatic rings. The Labute approximate surface area is 126 Å². The Bertz CT molecular complexity index is 419. The highest BCUT2D eigenvalue weighted by Crippen LogP contribution is 2.10. The number of ether oxygens (including phenoxy) is 2. The predicted octanol–water partition coefficient (Wildman–Crippen LogP) is 1.29. The van der Waals surface area contributed by atoms with Crippen LogP contribution in [0, 0.1) is 0 Å². The van der Waals surface area contributed by atoms with Crippen molar-refractivity contribution in [2.45, 2.75) is 19.4 Å². The van der Waals surface area contributed by atoms with E-state index in [2.05, 4.69) is 10.2 Å². The summed E-state index contributed by atoms with van der Waals surface area (Å²) in [4.78, 5) is 14.3. The van der Waals surface area contributed by atoms with Gasteiger partial charge >= 0.3 is 0 Å². The van der Waals surface area contributed by atoms with Crippen molar-refractivity contribution in [3.05, 3.63) is 30.3 Å². The van der Waals surface area contributed by atoms with Gasteiger partial charge in [0, 0.05) is 19.6 Å². The number of carbonyl (C=O) groups excluding carboxylic acids is 1. The first-order chi connectivity index (χ1) is 10.3. The largest absolute Gasteiger partial charge is 0.481 e. The molecule has 1 aliphatic heterocycles. The van der Waals surface area contributed by atoms with Gasteiger partial charge in [-0.1, -0.05) is 18.2 Å². The number of hydrogen-bond acceptors (Lipinski definition) is 4. The van der Waals surface area contributed by atoms with Crippen molar-refractivity contribution in [2.24, 2.45) is 0 Å². The fourth-order valence-corrected chi connectivity index (χ4v) is 2.24. The Morgan fingerprint density at radius 2 is 2.05 bits per heavy atom. The quantitative estimate of drug-likeness (QED) is 0.770. The van der Waals surface area contributed by atoms with E-state index in [0.29, 0.717) is 12.3 Å². The van der Waals surface area contributed by atoms with Crippen molar-refractivity contribution >= 4 is 5.91 Å². The molecule has 0 aliphatic carbocycles. The SMILES string of the molecule is CC(Oc1ccccc1)C(=O)NCCCN1CCOCC1. The molecule has 1 aromatic carbocycles. The molecule has 0 aromatic heterocycles. The Kier molecular flexibility index (Phi) is 6.50. The summed E-state index contributed by atoms with van der Waals surface area (Å²) in [5.41, 5.74) is 0. The van der Waals surface area contributed by atoms with Crippen LogP contribution in [0.25, 0.3) is 0 Å². The van der Waals surface area contributed by atoms with Gasteiger partial charge in [-0.15, -0.1) is 0 Å². The molecule has 1 aliphatic rings. The maximum atomic E-state index is 11.9. The first-order valence-electron chi connectivity index (χ1n) is 7.55. The standard InChI is InChI=1S/C16H24N2O3/c1-14(21-15-6-3-2-4-7-15)16(19)17-8-5-9-18-10-12-20-13-11-18/h2-4,6-7,14H,5,8-13H2,1H3,(H,17,19). The summed E-state index contributed by atoms with van der Waals surface area (Å²) < 4.78 is 10.9. The number of amides is 1. The third kappa shape index (κ3) is 5.73. The number of hydrogen-bond donors (Lipinski definition) is 1. The van der Waals surface area contributed by atoms with Crippen LogP contribution in [0.15, 0.2) is 30.3 Å². The number of benzene rings is 1. The molecule has 21 heavy (non-hydrogen) atoms. The molecule has 1 fully saturated rings. The second-order valence-corrected chi connectivity index (χ2v) is 5.17. The van der Waals surface area contributed by atoms with Gasteiger partial charge in [-0.2, -0.15) is 0 Å². The maximum absolute atomic E-state index is 11.9. The van der Waals surface area contributed by atoms with E-state index < -0.39 is 6.10 Å². The van der Waals surface area contributed by atoms with Gasteiger partial charge < -0.3 is 14.8 Å². The number of nitrogens with one attached hydrogen (secondary N) is 1. The minimum Gasteiger partial charge on any atom is -0.481 e.